The number of carbonyl (C=O) groups is 1. The summed E-state index contributed by atoms with van der Waals surface area (Å²) in [5.74, 6) is -1.10. The first-order valence-electron chi connectivity index (χ1n) is 9.33. The minimum absolute atomic E-state index is 0.0728. The molecule has 1 saturated heterocycles. The SMILES string of the molecule is COC(=O)[C@@H](NP(=O)(O)OCC1OC(n2cc(C)c(=O)[nH]c2=O)CC1N=[N+]=[N-])C(C)C. The van der Waals surface area contributed by atoms with E-state index in [1.54, 1.807) is 13.8 Å². The Labute approximate surface area is 176 Å². The van der Waals surface area contributed by atoms with Gasteiger partial charge in [-0.3, -0.25) is 23.7 Å². The lowest BCUT2D eigenvalue weighted by Gasteiger charge is -2.24. The van der Waals surface area contributed by atoms with Crippen LogP contribution in [0.4, 0.5) is 0 Å². The van der Waals surface area contributed by atoms with E-state index in [1.165, 1.54) is 13.1 Å². The molecule has 1 aliphatic heterocycles. The van der Waals surface area contributed by atoms with Gasteiger partial charge < -0.3 is 14.4 Å². The number of azide groups is 1. The Balaban J connectivity index is 2.14. The molecule has 1 fully saturated rings. The van der Waals surface area contributed by atoms with Crippen molar-refractivity contribution in [1.29, 1.82) is 0 Å². The van der Waals surface area contributed by atoms with Crippen LogP contribution in [-0.4, -0.2) is 52.3 Å². The van der Waals surface area contributed by atoms with E-state index in [9.17, 15) is 23.8 Å². The second kappa shape index (κ2) is 10.2. The molecule has 31 heavy (non-hydrogen) atoms. The van der Waals surface area contributed by atoms with E-state index < -0.39 is 56.0 Å². The van der Waals surface area contributed by atoms with E-state index in [1.807, 2.05) is 0 Å². The largest absolute Gasteiger partial charge is 0.468 e. The second-order valence-electron chi connectivity index (χ2n) is 7.31. The van der Waals surface area contributed by atoms with E-state index >= 15 is 0 Å². The van der Waals surface area contributed by atoms with E-state index in [0.717, 1.165) is 11.7 Å². The predicted molar refractivity (Wildman–Crippen MR) is 107 cm³/mol. The van der Waals surface area contributed by atoms with Gasteiger partial charge >= 0.3 is 19.4 Å². The number of H-pyrrole nitrogens is 1. The number of methoxy groups -OCH3 is 1. The number of esters is 1. The van der Waals surface area contributed by atoms with Crippen molar-refractivity contribution in [2.75, 3.05) is 13.7 Å². The first-order valence-corrected chi connectivity index (χ1v) is 10.9. The number of ether oxygens (including phenoxy) is 2. The van der Waals surface area contributed by atoms with Gasteiger partial charge in [-0.05, 0) is 18.4 Å². The van der Waals surface area contributed by atoms with Crippen molar-refractivity contribution in [2.45, 2.75) is 51.6 Å². The number of aryl methyl sites for hydroxylation is 1. The molecule has 15 heteroatoms. The molecule has 3 N–H and O–H groups in total. The van der Waals surface area contributed by atoms with Crippen LogP contribution in [0.15, 0.2) is 20.9 Å². The van der Waals surface area contributed by atoms with Crippen LogP contribution in [0.1, 0.15) is 32.1 Å². The van der Waals surface area contributed by atoms with Gasteiger partial charge in [0.05, 0.1) is 25.9 Å². The van der Waals surface area contributed by atoms with Crippen molar-refractivity contribution in [3.05, 3.63) is 43.0 Å². The lowest BCUT2D eigenvalue weighted by atomic mass is 10.1. The fraction of sp³-hybridized carbons (Fsp3) is 0.688. The van der Waals surface area contributed by atoms with Crippen LogP contribution in [0.2, 0.25) is 0 Å². The summed E-state index contributed by atoms with van der Waals surface area (Å²) in [7, 11) is -3.31. The molecule has 0 aliphatic carbocycles. The number of nitrogens with zero attached hydrogens (tertiary/aromatic N) is 4. The summed E-state index contributed by atoms with van der Waals surface area (Å²) in [6.07, 6.45) is -0.470. The van der Waals surface area contributed by atoms with E-state index in [2.05, 4.69) is 24.8 Å². The monoisotopic (exact) mass is 460 g/mol. The van der Waals surface area contributed by atoms with E-state index in [0.29, 0.717) is 0 Å². The molecule has 0 spiro atoms. The Hall–Kier alpha value is -2.47. The Kier molecular flexibility index (Phi) is 8.18. The fourth-order valence-electron chi connectivity index (χ4n) is 3.01. The zero-order valence-corrected chi connectivity index (χ0v) is 18.3. The molecule has 0 amide bonds. The van der Waals surface area contributed by atoms with Gasteiger partial charge in [-0.2, -0.15) is 0 Å². The third-order valence-electron chi connectivity index (χ3n) is 4.70. The summed E-state index contributed by atoms with van der Waals surface area (Å²) >= 11 is 0. The number of nitrogens with one attached hydrogen (secondary N) is 2. The molecular weight excluding hydrogens is 435 g/mol. The summed E-state index contributed by atoms with van der Waals surface area (Å²) in [4.78, 5) is 50.5. The molecule has 4 unspecified atom stereocenters. The molecule has 2 heterocycles. The second-order valence-corrected chi connectivity index (χ2v) is 8.86. The van der Waals surface area contributed by atoms with Crippen LogP contribution < -0.4 is 16.3 Å². The molecular formula is C16H25N6O8P. The molecule has 172 valence electrons. The maximum atomic E-state index is 12.4. The van der Waals surface area contributed by atoms with Gasteiger partial charge in [0.15, 0.2) is 0 Å². The highest BCUT2D eigenvalue weighted by atomic mass is 31.2. The van der Waals surface area contributed by atoms with Crippen molar-refractivity contribution < 1.29 is 28.3 Å². The van der Waals surface area contributed by atoms with Gasteiger partial charge in [-0.15, -0.1) is 0 Å². The lowest BCUT2D eigenvalue weighted by molar-refractivity contribution is -0.143. The molecule has 0 saturated carbocycles. The maximum Gasteiger partial charge on any atom is 0.403 e. The van der Waals surface area contributed by atoms with Crippen LogP contribution in [0, 0.1) is 12.8 Å². The van der Waals surface area contributed by atoms with Crippen LogP contribution in [0.3, 0.4) is 0 Å². The predicted octanol–water partition coefficient (Wildman–Crippen LogP) is 0.716. The molecule has 0 radical (unpaired) electrons. The first kappa shape index (κ1) is 24.8. The maximum absolute atomic E-state index is 12.4. The smallest absolute Gasteiger partial charge is 0.403 e. The number of aromatic amines is 1. The topological polar surface area (TPSA) is 198 Å². The van der Waals surface area contributed by atoms with Gasteiger partial charge in [-0.25, -0.2) is 14.4 Å². The van der Waals surface area contributed by atoms with Crippen molar-refractivity contribution >= 4 is 13.7 Å². The van der Waals surface area contributed by atoms with E-state index in [-0.39, 0.29) is 17.9 Å². The third kappa shape index (κ3) is 6.26. The summed E-state index contributed by atoms with van der Waals surface area (Å²) in [6, 6.07) is -1.90. The van der Waals surface area contributed by atoms with Gasteiger partial charge in [-0.1, -0.05) is 19.0 Å². The van der Waals surface area contributed by atoms with Gasteiger partial charge in [0.1, 0.15) is 12.3 Å². The average Bonchev–Trinajstić information content (AvgIpc) is 3.09. The highest BCUT2D eigenvalue weighted by Crippen LogP contribution is 2.40. The third-order valence-corrected chi connectivity index (χ3v) is 5.80. The Bertz CT molecular complexity index is 1020. The van der Waals surface area contributed by atoms with Gasteiger partial charge in [0, 0.05) is 23.1 Å². The van der Waals surface area contributed by atoms with E-state index in [4.69, 9.17) is 14.8 Å². The molecule has 1 aromatic heterocycles. The highest BCUT2D eigenvalue weighted by Gasteiger charge is 2.39. The molecule has 5 atom stereocenters. The average molecular weight is 460 g/mol. The minimum atomic E-state index is -4.46. The Morgan fingerprint density at radius 1 is 1.55 bits per heavy atom. The van der Waals surface area contributed by atoms with Crippen molar-refractivity contribution in [2.24, 2.45) is 11.0 Å². The summed E-state index contributed by atoms with van der Waals surface area (Å²) in [6.45, 7) is 4.35. The van der Waals surface area contributed by atoms with Crippen LogP contribution >= 0.6 is 7.75 Å². The number of hydrogen-bond acceptors (Lipinski definition) is 8. The summed E-state index contributed by atoms with van der Waals surface area (Å²) < 4.78 is 28.9. The Morgan fingerprint density at radius 2 is 2.23 bits per heavy atom. The quantitative estimate of drug-likeness (QED) is 0.156. The van der Waals surface area contributed by atoms with Crippen LogP contribution in [0.5, 0.6) is 0 Å². The molecule has 1 aliphatic rings. The molecule has 0 aromatic carbocycles. The summed E-state index contributed by atoms with van der Waals surface area (Å²) in [5, 5.41) is 5.84. The van der Waals surface area contributed by atoms with Crippen molar-refractivity contribution in [3.8, 4) is 0 Å². The Morgan fingerprint density at radius 3 is 2.81 bits per heavy atom. The minimum Gasteiger partial charge on any atom is -0.468 e. The fourth-order valence-corrected chi connectivity index (χ4v) is 4.19. The van der Waals surface area contributed by atoms with Crippen LogP contribution in [0.25, 0.3) is 10.4 Å². The molecule has 1 aromatic rings. The van der Waals surface area contributed by atoms with Crippen LogP contribution in [-0.2, 0) is 23.4 Å². The lowest BCUT2D eigenvalue weighted by Crippen LogP contribution is -2.40. The number of aromatic nitrogens is 2. The van der Waals surface area contributed by atoms with Crippen molar-refractivity contribution in [1.82, 2.24) is 14.6 Å². The van der Waals surface area contributed by atoms with Gasteiger partial charge in [0.25, 0.3) is 5.56 Å². The standard InChI is InChI=1S/C16H25N6O8P/c1-8(2)13(15(24)28-4)20-31(26,27)29-7-11-10(19-21-17)5-12(30-11)22-6-9(3)14(23)18-16(22)25/h6,8,10-13H,5,7H2,1-4H3,(H,18,23,25)(H2,20,26,27)/t10?,11?,12?,13-/m0/s1. The summed E-state index contributed by atoms with van der Waals surface area (Å²) in [5.41, 5.74) is 7.83. The highest BCUT2D eigenvalue weighted by molar-refractivity contribution is 7.50. The zero-order valence-electron chi connectivity index (χ0n) is 17.4. The number of hydrogen-bond donors (Lipinski definition) is 3. The number of carbonyl (C=O) groups excluding carboxylic acids is 1. The normalized spacial score (nSPS) is 23.7. The molecule has 2 rings (SSSR count). The van der Waals surface area contributed by atoms with Gasteiger partial charge in [0.2, 0.25) is 0 Å². The molecule has 0 bridgehead atoms. The molecule has 14 nitrogen and oxygen atoms in total. The zero-order chi connectivity index (χ0) is 23.3. The number of rotatable bonds is 9. The van der Waals surface area contributed by atoms with Crippen molar-refractivity contribution in [3.63, 3.8) is 0 Å². The first-order chi connectivity index (χ1) is 14.5.